The number of hydrogen-bond donors (Lipinski definition) is 2. The molecule has 0 atom stereocenters. The molecule has 0 bridgehead atoms. The fourth-order valence-corrected chi connectivity index (χ4v) is 3.67. The van der Waals surface area contributed by atoms with E-state index in [0.717, 1.165) is 43.3 Å². The number of imidazole rings is 2. The number of fused-ring (bicyclic) bond motifs is 1. The number of nitrogens with zero attached hydrogens (tertiary/aromatic N) is 4. The molecule has 0 unspecified atom stereocenters. The molecule has 0 spiro atoms. The van der Waals surface area contributed by atoms with Crippen molar-refractivity contribution in [1.82, 2.24) is 19.9 Å². The van der Waals surface area contributed by atoms with E-state index in [1.54, 1.807) is 6.33 Å². The molecule has 9 heteroatoms. The van der Waals surface area contributed by atoms with Gasteiger partial charge in [0.25, 0.3) is 5.69 Å². The Kier molecular flexibility index (Phi) is 3.84. The maximum atomic E-state index is 11.0. The third-order valence-corrected chi connectivity index (χ3v) is 5.09. The van der Waals surface area contributed by atoms with E-state index in [-0.39, 0.29) is 10.7 Å². The van der Waals surface area contributed by atoms with Gasteiger partial charge in [0.1, 0.15) is 5.02 Å². The van der Waals surface area contributed by atoms with Crippen LogP contribution in [0.25, 0.3) is 11.0 Å². The van der Waals surface area contributed by atoms with Gasteiger partial charge in [0, 0.05) is 30.8 Å². The number of rotatable bonds is 3. The summed E-state index contributed by atoms with van der Waals surface area (Å²) in [6, 6.07) is 2.98. The van der Waals surface area contributed by atoms with Crippen LogP contribution in [0, 0.1) is 17.0 Å². The Morgan fingerprint density at radius 3 is 2.76 bits per heavy atom. The highest BCUT2D eigenvalue weighted by Crippen LogP contribution is 2.33. The first-order chi connectivity index (χ1) is 12.0. The van der Waals surface area contributed by atoms with Crippen LogP contribution in [0.3, 0.4) is 0 Å². The van der Waals surface area contributed by atoms with Crippen molar-refractivity contribution in [1.29, 1.82) is 0 Å². The van der Waals surface area contributed by atoms with Crippen molar-refractivity contribution < 1.29 is 4.92 Å². The average molecular weight is 361 g/mol. The first-order valence-electron chi connectivity index (χ1n) is 8.11. The smallest absolute Gasteiger partial charge is 0.290 e. The number of aromatic nitrogens is 4. The van der Waals surface area contributed by atoms with Crippen LogP contribution in [0.2, 0.25) is 5.02 Å². The van der Waals surface area contributed by atoms with E-state index in [9.17, 15) is 10.1 Å². The molecule has 1 aliphatic heterocycles. The topological polar surface area (TPSA) is 104 Å². The van der Waals surface area contributed by atoms with Crippen molar-refractivity contribution in [3.8, 4) is 0 Å². The number of nitro groups is 1. The van der Waals surface area contributed by atoms with Crippen LogP contribution in [0.1, 0.15) is 30.1 Å². The minimum atomic E-state index is -0.486. The van der Waals surface area contributed by atoms with Crippen molar-refractivity contribution >= 4 is 34.3 Å². The SMILES string of the molecule is Cc1[nH]cnc1C1CCN(c2nc3cc(Cl)c([N+](=O)[O-])cc3[nH]2)CC1. The van der Waals surface area contributed by atoms with Crippen LogP contribution >= 0.6 is 11.6 Å². The van der Waals surface area contributed by atoms with Crippen LogP contribution in [-0.2, 0) is 0 Å². The average Bonchev–Trinajstić information content (AvgIpc) is 3.19. The molecule has 8 nitrogen and oxygen atoms in total. The highest BCUT2D eigenvalue weighted by Gasteiger charge is 2.25. The molecular weight excluding hydrogens is 344 g/mol. The normalized spacial score (nSPS) is 15.8. The Bertz CT molecular complexity index is 941. The molecule has 3 heterocycles. The third-order valence-electron chi connectivity index (χ3n) is 4.78. The molecule has 1 aromatic carbocycles. The third kappa shape index (κ3) is 2.82. The maximum absolute atomic E-state index is 11.0. The van der Waals surface area contributed by atoms with Crippen molar-refractivity contribution in [2.45, 2.75) is 25.7 Å². The van der Waals surface area contributed by atoms with Gasteiger partial charge in [0.05, 0.1) is 28.0 Å². The minimum Gasteiger partial charge on any atom is -0.348 e. The number of nitro benzene ring substituents is 1. The first kappa shape index (κ1) is 15.9. The Morgan fingerprint density at radius 2 is 2.12 bits per heavy atom. The molecule has 4 rings (SSSR count). The molecule has 3 aromatic rings. The molecule has 0 radical (unpaired) electrons. The summed E-state index contributed by atoms with van der Waals surface area (Å²) in [7, 11) is 0. The summed E-state index contributed by atoms with van der Waals surface area (Å²) < 4.78 is 0. The van der Waals surface area contributed by atoms with Crippen LogP contribution in [0.15, 0.2) is 18.5 Å². The van der Waals surface area contributed by atoms with Gasteiger partial charge < -0.3 is 14.9 Å². The zero-order chi connectivity index (χ0) is 17.6. The van der Waals surface area contributed by atoms with E-state index in [4.69, 9.17) is 11.6 Å². The van der Waals surface area contributed by atoms with Crippen molar-refractivity contribution in [2.24, 2.45) is 0 Å². The second-order valence-corrected chi connectivity index (χ2v) is 6.72. The first-order valence-corrected chi connectivity index (χ1v) is 8.49. The van der Waals surface area contributed by atoms with Crippen molar-refractivity contribution in [2.75, 3.05) is 18.0 Å². The van der Waals surface area contributed by atoms with Crippen molar-refractivity contribution in [3.05, 3.63) is 45.0 Å². The molecule has 130 valence electrons. The molecule has 2 aromatic heterocycles. The summed E-state index contributed by atoms with van der Waals surface area (Å²) in [4.78, 5) is 28.0. The summed E-state index contributed by atoms with van der Waals surface area (Å²) in [5.74, 6) is 1.17. The highest BCUT2D eigenvalue weighted by atomic mass is 35.5. The van der Waals surface area contributed by atoms with Gasteiger partial charge in [0.2, 0.25) is 5.95 Å². The van der Waals surface area contributed by atoms with Gasteiger partial charge in [-0.1, -0.05) is 11.6 Å². The summed E-state index contributed by atoms with van der Waals surface area (Å²) in [6.07, 6.45) is 3.72. The molecule has 0 amide bonds. The number of anilines is 1. The molecule has 2 N–H and O–H groups in total. The minimum absolute atomic E-state index is 0.100. The number of halogens is 1. The fourth-order valence-electron chi connectivity index (χ4n) is 3.44. The monoisotopic (exact) mass is 360 g/mol. The zero-order valence-corrected chi connectivity index (χ0v) is 14.4. The molecule has 0 aliphatic carbocycles. The number of aromatic amines is 2. The lowest BCUT2D eigenvalue weighted by Crippen LogP contribution is -2.33. The van der Waals surface area contributed by atoms with Crippen LogP contribution < -0.4 is 4.90 Å². The van der Waals surface area contributed by atoms with Crippen LogP contribution in [-0.4, -0.2) is 37.9 Å². The number of hydrogen-bond acceptors (Lipinski definition) is 5. The van der Waals surface area contributed by atoms with Gasteiger partial charge in [0.15, 0.2) is 0 Å². The standard InChI is InChI=1S/C16H17ClN6O2/c1-9-15(19-8-18-9)10-2-4-22(5-3-10)16-20-12-6-11(17)14(23(24)25)7-13(12)21-16/h6-8,10H,2-5H2,1H3,(H,18,19)(H,20,21). The number of benzene rings is 1. The molecular formula is C16H17ClN6O2. The van der Waals surface area contributed by atoms with Gasteiger partial charge in [-0.3, -0.25) is 10.1 Å². The number of nitrogens with one attached hydrogen (secondary N) is 2. The van der Waals surface area contributed by atoms with E-state index < -0.39 is 4.92 Å². The second kappa shape index (κ2) is 6.03. The second-order valence-electron chi connectivity index (χ2n) is 6.31. The number of aryl methyl sites for hydroxylation is 1. The van der Waals surface area contributed by atoms with Gasteiger partial charge in [-0.05, 0) is 25.8 Å². The van der Waals surface area contributed by atoms with E-state index in [1.165, 1.54) is 12.1 Å². The Hall–Kier alpha value is -2.61. The largest absolute Gasteiger partial charge is 0.348 e. The lowest BCUT2D eigenvalue weighted by Gasteiger charge is -2.31. The summed E-state index contributed by atoms with van der Waals surface area (Å²) in [5, 5.41) is 11.1. The summed E-state index contributed by atoms with van der Waals surface area (Å²) in [6.45, 7) is 3.75. The van der Waals surface area contributed by atoms with E-state index in [0.29, 0.717) is 17.0 Å². The van der Waals surface area contributed by atoms with Crippen LogP contribution in [0.4, 0.5) is 11.6 Å². The zero-order valence-electron chi connectivity index (χ0n) is 13.6. The van der Waals surface area contributed by atoms with Crippen LogP contribution in [0.5, 0.6) is 0 Å². The van der Waals surface area contributed by atoms with Gasteiger partial charge in [-0.15, -0.1) is 0 Å². The molecule has 0 saturated carbocycles. The predicted octanol–water partition coefficient (Wildman–Crippen LogP) is 3.54. The molecule has 1 saturated heterocycles. The van der Waals surface area contributed by atoms with Gasteiger partial charge in [-0.2, -0.15) is 0 Å². The van der Waals surface area contributed by atoms with E-state index >= 15 is 0 Å². The lowest BCUT2D eigenvalue weighted by molar-refractivity contribution is -0.384. The van der Waals surface area contributed by atoms with E-state index in [2.05, 4.69) is 24.8 Å². The van der Waals surface area contributed by atoms with E-state index in [1.807, 2.05) is 6.92 Å². The van der Waals surface area contributed by atoms with Gasteiger partial charge in [-0.25, -0.2) is 9.97 Å². The number of H-pyrrole nitrogens is 2. The Balaban J connectivity index is 1.55. The van der Waals surface area contributed by atoms with Crippen molar-refractivity contribution in [3.63, 3.8) is 0 Å². The highest BCUT2D eigenvalue weighted by molar-refractivity contribution is 6.33. The predicted molar refractivity (Wildman–Crippen MR) is 95.3 cm³/mol. The summed E-state index contributed by atoms with van der Waals surface area (Å²) >= 11 is 5.97. The quantitative estimate of drug-likeness (QED) is 0.549. The maximum Gasteiger partial charge on any atom is 0.290 e. The summed E-state index contributed by atoms with van der Waals surface area (Å²) in [5.41, 5.74) is 3.42. The Morgan fingerprint density at radius 1 is 1.36 bits per heavy atom. The molecule has 1 fully saturated rings. The number of piperidine rings is 1. The molecule has 25 heavy (non-hydrogen) atoms. The Labute approximate surface area is 148 Å². The van der Waals surface area contributed by atoms with Gasteiger partial charge >= 0.3 is 0 Å². The fraction of sp³-hybridized carbons (Fsp3) is 0.375. The molecule has 1 aliphatic rings. The lowest BCUT2D eigenvalue weighted by atomic mass is 9.93.